The Morgan fingerprint density at radius 1 is 1.44 bits per heavy atom. The maximum absolute atomic E-state index is 5.94. The highest BCUT2D eigenvalue weighted by Crippen LogP contribution is 2.35. The van der Waals surface area contributed by atoms with Crippen molar-refractivity contribution in [3.8, 4) is 0 Å². The first-order chi connectivity index (χ1) is 7.74. The van der Waals surface area contributed by atoms with Gasteiger partial charge in [-0.1, -0.05) is 19.3 Å². The van der Waals surface area contributed by atoms with E-state index in [9.17, 15) is 0 Å². The minimum Gasteiger partial charge on any atom is -0.368 e. The van der Waals surface area contributed by atoms with Crippen molar-refractivity contribution in [2.75, 3.05) is 18.4 Å². The van der Waals surface area contributed by atoms with E-state index in [1.165, 1.54) is 32.1 Å². The third-order valence-corrected chi connectivity index (χ3v) is 3.71. The molecule has 1 aromatic heterocycles. The molecule has 4 heteroatoms. The Kier molecular flexibility index (Phi) is 3.49. The molecule has 0 radical (unpaired) electrons. The van der Waals surface area contributed by atoms with Crippen LogP contribution in [0.1, 0.15) is 32.1 Å². The fourth-order valence-corrected chi connectivity index (χ4v) is 2.54. The van der Waals surface area contributed by atoms with E-state index in [1.54, 1.807) is 0 Å². The number of rotatable bonds is 4. The van der Waals surface area contributed by atoms with Gasteiger partial charge in [0.2, 0.25) is 0 Å². The average molecular weight is 222 g/mol. The molecule has 90 valence electrons. The summed E-state index contributed by atoms with van der Waals surface area (Å²) >= 11 is 0. The zero-order chi connectivity index (χ0) is 11.4. The Morgan fingerprint density at radius 2 is 2.19 bits per heavy atom. The predicted molar refractivity (Wildman–Crippen MR) is 66.3 cm³/mol. The van der Waals surface area contributed by atoms with Crippen LogP contribution in [0.3, 0.4) is 0 Å². The zero-order valence-corrected chi connectivity index (χ0v) is 10.1. The Morgan fingerprint density at radius 3 is 2.75 bits per heavy atom. The molecule has 0 unspecified atom stereocenters. The molecule has 0 saturated heterocycles. The molecule has 1 saturated carbocycles. The molecule has 0 aliphatic heterocycles. The molecule has 1 aliphatic rings. The van der Waals surface area contributed by atoms with E-state index in [-0.39, 0.29) is 0 Å². The van der Waals surface area contributed by atoms with Crippen LogP contribution < -0.4 is 11.1 Å². The van der Waals surface area contributed by atoms with Crippen molar-refractivity contribution in [1.82, 2.24) is 9.78 Å². The highest BCUT2D eigenvalue weighted by atomic mass is 15.3. The van der Waals surface area contributed by atoms with Gasteiger partial charge in [-0.25, -0.2) is 0 Å². The SMILES string of the molecule is Cn1ccc(NCC2(CN)CCCCC2)n1. The van der Waals surface area contributed by atoms with Crippen LogP contribution in [0.25, 0.3) is 0 Å². The summed E-state index contributed by atoms with van der Waals surface area (Å²) < 4.78 is 1.82. The standard InChI is InChI=1S/C12H22N4/c1-16-8-5-11(15-16)14-10-12(9-13)6-3-2-4-7-12/h5,8H,2-4,6-7,9-10,13H2,1H3,(H,14,15). The molecular formula is C12H22N4. The molecule has 1 aromatic rings. The first-order valence-corrected chi connectivity index (χ1v) is 6.18. The molecule has 1 fully saturated rings. The Labute approximate surface area is 97.2 Å². The lowest BCUT2D eigenvalue weighted by Gasteiger charge is -2.36. The summed E-state index contributed by atoms with van der Waals surface area (Å²) in [5.74, 6) is 0.959. The second-order valence-corrected chi connectivity index (χ2v) is 4.99. The number of nitrogens with two attached hydrogens (primary N) is 1. The number of nitrogens with zero attached hydrogens (tertiary/aromatic N) is 2. The summed E-state index contributed by atoms with van der Waals surface area (Å²) in [5.41, 5.74) is 6.24. The summed E-state index contributed by atoms with van der Waals surface area (Å²) in [7, 11) is 1.94. The van der Waals surface area contributed by atoms with Crippen LogP contribution in [0.2, 0.25) is 0 Å². The van der Waals surface area contributed by atoms with Crippen LogP contribution in [0.4, 0.5) is 5.82 Å². The van der Waals surface area contributed by atoms with Gasteiger partial charge in [0, 0.05) is 25.9 Å². The van der Waals surface area contributed by atoms with Crippen molar-refractivity contribution in [2.24, 2.45) is 18.2 Å². The fourth-order valence-electron chi connectivity index (χ4n) is 2.54. The Bertz CT molecular complexity index is 326. The van der Waals surface area contributed by atoms with Crippen molar-refractivity contribution in [1.29, 1.82) is 0 Å². The largest absolute Gasteiger partial charge is 0.368 e. The molecule has 0 bridgehead atoms. The van der Waals surface area contributed by atoms with Crippen molar-refractivity contribution in [3.63, 3.8) is 0 Å². The summed E-state index contributed by atoms with van der Waals surface area (Å²) in [4.78, 5) is 0. The lowest BCUT2D eigenvalue weighted by molar-refractivity contribution is 0.215. The van der Waals surface area contributed by atoms with E-state index in [1.807, 2.05) is 24.0 Å². The van der Waals surface area contributed by atoms with Gasteiger partial charge in [-0.15, -0.1) is 0 Å². The van der Waals surface area contributed by atoms with E-state index in [2.05, 4.69) is 10.4 Å². The van der Waals surface area contributed by atoms with E-state index in [4.69, 9.17) is 5.73 Å². The molecule has 1 aliphatic carbocycles. The van der Waals surface area contributed by atoms with Gasteiger partial charge in [0.05, 0.1) is 0 Å². The lowest BCUT2D eigenvalue weighted by Crippen LogP contribution is -2.39. The summed E-state index contributed by atoms with van der Waals surface area (Å²) in [6, 6.07) is 2.01. The highest BCUT2D eigenvalue weighted by Gasteiger charge is 2.30. The van der Waals surface area contributed by atoms with Gasteiger partial charge in [-0.3, -0.25) is 4.68 Å². The molecule has 0 amide bonds. The molecule has 0 atom stereocenters. The summed E-state index contributed by atoms with van der Waals surface area (Å²) in [5, 5.41) is 7.74. The molecule has 2 rings (SSSR count). The smallest absolute Gasteiger partial charge is 0.147 e. The zero-order valence-electron chi connectivity index (χ0n) is 10.1. The van der Waals surface area contributed by atoms with Crippen LogP contribution in [-0.2, 0) is 7.05 Å². The van der Waals surface area contributed by atoms with Gasteiger partial charge < -0.3 is 11.1 Å². The van der Waals surface area contributed by atoms with E-state index >= 15 is 0 Å². The van der Waals surface area contributed by atoms with Gasteiger partial charge >= 0.3 is 0 Å². The van der Waals surface area contributed by atoms with Crippen LogP contribution in [0, 0.1) is 5.41 Å². The molecule has 0 spiro atoms. The minimum absolute atomic E-state index is 0.301. The quantitative estimate of drug-likeness (QED) is 0.816. The lowest BCUT2D eigenvalue weighted by atomic mass is 9.74. The van der Waals surface area contributed by atoms with Gasteiger partial charge in [0.1, 0.15) is 5.82 Å². The normalized spacial score (nSPS) is 19.6. The van der Waals surface area contributed by atoms with Crippen LogP contribution in [0.15, 0.2) is 12.3 Å². The van der Waals surface area contributed by atoms with Gasteiger partial charge in [0.25, 0.3) is 0 Å². The van der Waals surface area contributed by atoms with Crippen LogP contribution >= 0.6 is 0 Å². The maximum atomic E-state index is 5.94. The molecule has 4 nitrogen and oxygen atoms in total. The molecular weight excluding hydrogens is 200 g/mol. The third-order valence-electron chi connectivity index (χ3n) is 3.71. The molecule has 16 heavy (non-hydrogen) atoms. The molecule has 0 aromatic carbocycles. The number of anilines is 1. The van der Waals surface area contributed by atoms with E-state index < -0.39 is 0 Å². The average Bonchev–Trinajstić information content (AvgIpc) is 2.74. The number of aryl methyl sites for hydroxylation is 1. The van der Waals surface area contributed by atoms with Crippen molar-refractivity contribution in [2.45, 2.75) is 32.1 Å². The van der Waals surface area contributed by atoms with E-state index in [0.717, 1.165) is 18.9 Å². The first-order valence-electron chi connectivity index (χ1n) is 6.18. The number of nitrogens with one attached hydrogen (secondary N) is 1. The van der Waals surface area contributed by atoms with Crippen molar-refractivity contribution < 1.29 is 0 Å². The Hall–Kier alpha value is -1.03. The minimum atomic E-state index is 0.301. The van der Waals surface area contributed by atoms with E-state index in [0.29, 0.717) is 5.41 Å². The first kappa shape index (κ1) is 11.5. The van der Waals surface area contributed by atoms with Crippen LogP contribution in [-0.4, -0.2) is 22.9 Å². The number of aromatic nitrogens is 2. The highest BCUT2D eigenvalue weighted by molar-refractivity contribution is 5.32. The Balaban J connectivity index is 1.91. The molecule has 3 N–H and O–H groups in total. The van der Waals surface area contributed by atoms with Crippen molar-refractivity contribution >= 4 is 5.82 Å². The second kappa shape index (κ2) is 4.87. The predicted octanol–water partition coefficient (Wildman–Crippen LogP) is 1.74. The van der Waals surface area contributed by atoms with Gasteiger partial charge in [0.15, 0.2) is 0 Å². The topological polar surface area (TPSA) is 55.9 Å². The second-order valence-electron chi connectivity index (χ2n) is 4.99. The van der Waals surface area contributed by atoms with Crippen LogP contribution in [0.5, 0.6) is 0 Å². The molecule has 1 heterocycles. The fraction of sp³-hybridized carbons (Fsp3) is 0.750. The van der Waals surface area contributed by atoms with Gasteiger partial charge in [-0.2, -0.15) is 5.10 Å². The van der Waals surface area contributed by atoms with Gasteiger partial charge in [-0.05, 0) is 24.8 Å². The van der Waals surface area contributed by atoms with Crippen molar-refractivity contribution in [3.05, 3.63) is 12.3 Å². The maximum Gasteiger partial charge on any atom is 0.147 e. The third kappa shape index (κ3) is 2.55. The summed E-state index contributed by atoms with van der Waals surface area (Å²) in [6.07, 6.45) is 8.47. The number of hydrogen-bond donors (Lipinski definition) is 2. The monoisotopic (exact) mass is 222 g/mol. The summed E-state index contributed by atoms with van der Waals surface area (Å²) in [6.45, 7) is 1.74. The number of hydrogen-bond acceptors (Lipinski definition) is 3.